The van der Waals surface area contributed by atoms with E-state index in [1.165, 1.54) is 12.1 Å². The van der Waals surface area contributed by atoms with Crippen molar-refractivity contribution in [3.63, 3.8) is 0 Å². The van der Waals surface area contributed by atoms with Crippen LogP contribution in [0.5, 0.6) is 0 Å². The number of benzene rings is 2. The van der Waals surface area contributed by atoms with E-state index in [0.29, 0.717) is 49.2 Å². The molecule has 0 amide bonds. The van der Waals surface area contributed by atoms with Gasteiger partial charge in [-0.25, -0.2) is 9.97 Å². The van der Waals surface area contributed by atoms with Crippen LogP contribution in [0.2, 0.25) is 0 Å². The van der Waals surface area contributed by atoms with Crippen molar-refractivity contribution in [2.24, 2.45) is 0 Å². The van der Waals surface area contributed by atoms with Crippen molar-refractivity contribution in [3.05, 3.63) is 107 Å². The Bertz CT molecular complexity index is 1900. The zero-order valence-electron chi connectivity index (χ0n) is 25.3. The van der Waals surface area contributed by atoms with Gasteiger partial charge in [-0.15, -0.1) is 0 Å². The smallest absolute Gasteiger partial charge is 0.379 e. The van der Waals surface area contributed by atoms with E-state index in [1.54, 1.807) is 12.4 Å². The average molecular weight is 627 g/mol. The summed E-state index contributed by atoms with van der Waals surface area (Å²) in [5.41, 5.74) is 5.17. The summed E-state index contributed by atoms with van der Waals surface area (Å²) < 4.78 is 49.7. The van der Waals surface area contributed by atoms with Gasteiger partial charge in [-0.3, -0.25) is 19.1 Å². The number of pyridine rings is 1. The highest BCUT2D eigenvalue weighted by Gasteiger charge is 2.34. The molecule has 1 aliphatic heterocycles. The minimum absolute atomic E-state index is 0.0330. The first-order valence-corrected chi connectivity index (χ1v) is 15.4. The number of aryl methyl sites for hydroxylation is 1. The molecule has 7 rings (SSSR count). The van der Waals surface area contributed by atoms with Gasteiger partial charge in [-0.2, -0.15) is 13.2 Å². The van der Waals surface area contributed by atoms with Crippen LogP contribution in [0.25, 0.3) is 16.9 Å². The van der Waals surface area contributed by atoms with E-state index in [9.17, 15) is 18.0 Å². The number of carbonyl (C=O) groups excluding carboxylic acids is 1. The van der Waals surface area contributed by atoms with E-state index in [1.807, 2.05) is 54.5 Å². The van der Waals surface area contributed by atoms with Crippen molar-refractivity contribution in [1.29, 1.82) is 0 Å². The van der Waals surface area contributed by atoms with Crippen molar-refractivity contribution in [2.45, 2.75) is 44.8 Å². The number of halogens is 3. The summed E-state index contributed by atoms with van der Waals surface area (Å²) in [7, 11) is 0. The van der Waals surface area contributed by atoms with Crippen molar-refractivity contribution in [3.8, 4) is 11.3 Å². The molecule has 5 aromatic rings. The van der Waals surface area contributed by atoms with Gasteiger partial charge in [0, 0.05) is 79.3 Å². The van der Waals surface area contributed by atoms with Crippen LogP contribution >= 0.6 is 0 Å². The molecule has 8 nitrogen and oxygen atoms in total. The van der Waals surface area contributed by atoms with Crippen molar-refractivity contribution >= 4 is 22.9 Å². The van der Waals surface area contributed by atoms with Gasteiger partial charge in [0.1, 0.15) is 0 Å². The Morgan fingerprint density at radius 1 is 1.07 bits per heavy atom. The summed E-state index contributed by atoms with van der Waals surface area (Å²) in [4.78, 5) is 29.1. The molecule has 1 aliphatic carbocycles. The third-order valence-corrected chi connectivity index (χ3v) is 8.63. The zero-order chi connectivity index (χ0) is 31.8. The molecule has 0 bridgehead atoms. The van der Waals surface area contributed by atoms with Gasteiger partial charge < -0.3 is 10.1 Å². The standard InChI is InChI=1S/C35H33F3N6O2/c1-22-4-5-23(16-32(45)25-8-9-27(28(17-25)35(36,37)38)20-43-11-13-46-14-12-43)15-29(22)41-33-34-40-19-31(24-6-7-24)44(34)21-30(42-33)26-3-2-10-39-18-26/h2-5,8-10,15,17-19,21,24H,6-7,11-14,16,20H2,1H3,(H,41,42). The highest BCUT2D eigenvalue weighted by atomic mass is 19.4. The molecule has 0 atom stereocenters. The molecule has 236 valence electrons. The monoisotopic (exact) mass is 626 g/mol. The first-order valence-electron chi connectivity index (χ1n) is 15.4. The van der Waals surface area contributed by atoms with Gasteiger partial charge in [0.05, 0.1) is 24.5 Å². The number of ketones is 1. The summed E-state index contributed by atoms with van der Waals surface area (Å²) in [5, 5.41) is 3.44. The molecule has 1 saturated heterocycles. The van der Waals surface area contributed by atoms with Crippen LogP contribution in [0, 0.1) is 6.92 Å². The normalized spacial score (nSPS) is 15.7. The topological polar surface area (TPSA) is 84.6 Å². The Kier molecular flexibility index (Phi) is 8.04. The Morgan fingerprint density at radius 2 is 1.89 bits per heavy atom. The highest BCUT2D eigenvalue weighted by molar-refractivity contribution is 5.98. The van der Waals surface area contributed by atoms with Crippen LogP contribution in [0.4, 0.5) is 24.7 Å². The molecule has 46 heavy (non-hydrogen) atoms. The van der Waals surface area contributed by atoms with E-state index in [0.717, 1.165) is 47.1 Å². The van der Waals surface area contributed by atoms with Gasteiger partial charge in [0.25, 0.3) is 0 Å². The van der Waals surface area contributed by atoms with E-state index in [4.69, 9.17) is 9.72 Å². The molecule has 1 saturated carbocycles. The fourth-order valence-corrected chi connectivity index (χ4v) is 5.91. The number of rotatable bonds is 9. The average Bonchev–Trinajstić information content (AvgIpc) is 3.81. The largest absolute Gasteiger partial charge is 0.416 e. The molecule has 4 heterocycles. The zero-order valence-corrected chi connectivity index (χ0v) is 25.3. The second kappa shape index (κ2) is 12.3. The van der Waals surface area contributed by atoms with Gasteiger partial charge in [-0.1, -0.05) is 24.3 Å². The SMILES string of the molecule is Cc1ccc(CC(=O)c2ccc(CN3CCOCC3)c(C(F)(F)F)c2)cc1Nc1nc(-c2cccnc2)cn2c(C3CC3)cnc12. The van der Waals surface area contributed by atoms with Crippen molar-refractivity contribution in [2.75, 3.05) is 31.6 Å². The molecule has 0 radical (unpaired) electrons. The molecule has 1 N–H and O–H groups in total. The Balaban J connectivity index is 1.16. The second-order valence-corrected chi connectivity index (χ2v) is 12.0. The van der Waals surface area contributed by atoms with Crippen molar-refractivity contribution < 1.29 is 22.7 Å². The summed E-state index contributed by atoms with van der Waals surface area (Å²) in [6, 6.07) is 13.3. The molecule has 3 aromatic heterocycles. The summed E-state index contributed by atoms with van der Waals surface area (Å²) in [6.07, 6.45) is 4.99. The quantitative estimate of drug-likeness (QED) is 0.177. The molecule has 0 spiro atoms. The second-order valence-electron chi connectivity index (χ2n) is 12.0. The maximum absolute atomic E-state index is 14.1. The number of nitrogens with zero attached hydrogens (tertiary/aromatic N) is 5. The minimum Gasteiger partial charge on any atom is -0.379 e. The number of Topliss-reactive ketones (excluding diaryl/α,β-unsaturated/α-hetero) is 1. The van der Waals surface area contributed by atoms with Crippen LogP contribution in [-0.2, 0) is 23.9 Å². The van der Waals surface area contributed by atoms with Crippen LogP contribution in [-0.4, -0.2) is 56.3 Å². The minimum atomic E-state index is -4.58. The number of hydrogen-bond acceptors (Lipinski definition) is 7. The van der Waals surface area contributed by atoms with E-state index < -0.39 is 11.7 Å². The highest BCUT2D eigenvalue weighted by Crippen LogP contribution is 2.41. The number of alkyl halides is 3. The molecule has 2 aliphatic rings. The first kappa shape index (κ1) is 30.1. The lowest BCUT2D eigenvalue weighted by Crippen LogP contribution is -2.36. The van der Waals surface area contributed by atoms with E-state index in [-0.39, 0.29) is 29.9 Å². The number of ether oxygens (including phenoxy) is 1. The molecule has 11 heteroatoms. The van der Waals surface area contributed by atoms with E-state index in [2.05, 4.69) is 19.7 Å². The predicted octanol–water partition coefficient (Wildman–Crippen LogP) is 7.00. The maximum Gasteiger partial charge on any atom is 0.416 e. The first-order chi connectivity index (χ1) is 22.2. The number of fused-ring (bicyclic) bond motifs is 1. The van der Waals surface area contributed by atoms with Gasteiger partial charge in [0.15, 0.2) is 17.2 Å². The molecular formula is C35H33F3N6O2. The van der Waals surface area contributed by atoms with Crippen molar-refractivity contribution in [1.82, 2.24) is 24.3 Å². The number of aromatic nitrogens is 4. The summed E-state index contributed by atoms with van der Waals surface area (Å²) in [5.74, 6) is 0.638. The lowest BCUT2D eigenvalue weighted by Gasteiger charge is -2.27. The number of hydrogen-bond donors (Lipinski definition) is 1. The fraction of sp³-hybridized carbons (Fsp3) is 0.314. The van der Waals surface area contributed by atoms with Gasteiger partial charge in [0.2, 0.25) is 0 Å². The lowest BCUT2D eigenvalue weighted by molar-refractivity contribution is -0.138. The van der Waals surface area contributed by atoms with Crippen LogP contribution in [0.3, 0.4) is 0 Å². The lowest BCUT2D eigenvalue weighted by atomic mass is 9.97. The fourth-order valence-electron chi connectivity index (χ4n) is 5.91. The Labute approximate surface area is 264 Å². The van der Waals surface area contributed by atoms with Crippen LogP contribution in [0.1, 0.15) is 57.1 Å². The summed E-state index contributed by atoms with van der Waals surface area (Å²) in [6.45, 7) is 4.22. The van der Waals surface area contributed by atoms with Crippen LogP contribution in [0.15, 0.2) is 73.3 Å². The number of nitrogens with one attached hydrogen (secondary N) is 1. The molecule has 0 unspecified atom stereocenters. The molecule has 2 fully saturated rings. The Hall–Kier alpha value is -4.61. The maximum atomic E-state index is 14.1. The molecule has 2 aromatic carbocycles. The third-order valence-electron chi connectivity index (χ3n) is 8.63. The molecular weight excluding hydrogens is 593 g/mol. The van der Waals surface area contributed by atoms with E-state index >= 15 is 0 Å². The number of imidazole rings is 1. The Morgan fingerprint density at radius 3 is 2.63 bits per heavy atom. The van der Waals surface area contributed by atoms with Crippen LogP contribution < -0.4 is 5.32 Å². The number of carbonyl (C=O) groups is 1. The van der Waals surface area contributed by atoms with Gasteiger partial charge in [-0.05, 0) is 60.7 Å². The number of anilines is 2. The third kappa shape index (κ3) is 6.38. The predicted molar refractivity (Wildman–Crippen MR) is 168 cm³/mol. The number of morpholine rings is 1. The van der Waals surface area contributed by atoms with Gasteiger partial charge >= 0.3 is 6.18 Å². The summed E-state index contributed by atoms with van der Waals surface area (Å²) >= 11 is 0.